The van der Waals surface area contributed by atoms with Crippen molar-refractivity contribution in [3.63, 3.8) is 0 Å². The third-order valence-electron chi connectivity index (χ3n) is 5.84. The summed E-state index contributed by atoms with van der Waals surface area (Å²) in [6.45, 7) is 1.73. The smallest absolute Gasteiger partial charge is 0.267 e. The first kappa shape index (κ1) is 20.3. The quantitative estimate of drug-likeness (QED) is 0.780. The van der Waals surface area contributed by atoms with E-state index in [0.29, 0.717) is 23.0 Å². The predicted molar refractivity (Wildman–Crippen MR) is 114 cm³/mol. The van der Waals surface area contributed by atoms with Crippen LogP contribution < -0.4 is 9.47 Å². The molecule has 6 nitrogen and oxygen atoms in total. The zero-order valence-corrected chi connectivity index (χ0v) is 17.5. The first-order valence-corrected chi connectivity index (χ1v) is 10.5. The number of para-hydroxylation sites is 2. The van der Waals surface area contributed by atoms with Gasteiger partial charge in [-0.05, 0) is 55.0 Å². The molecule has 1 saturated heterocycles. The molecule has 1 unspecified atom stereocenters. The molecule has 158 valence electrons. The Balaban J connectivity index is 1.28. The number of fused-ring (bicyclic) bond motifs is 1. The number of nitrogens with zero attached hydrogens (tertiary/aromatic N) is 2. The van der Waals surface area contributed by atoms with Crippen molar-refractivity contribution in [1.82, 2.24) is 9.80 Å². The summed E-state index contributed by atoms with van der Waals surface area (Å²) >= 11 is 0. The average molecular weight is 408 g/mol. The monoisotopic (exact) mass is 408 g/mol. The fourth-order valence-corrected chi connectivity index (χ4v) is 4.08. The first-order chi connectivity index (χ1) is 14.5. The number of carbonyl (C=O) groups excluding carboxylic acids is 2. The Labute approximate surface area is 177 Å². The molecule has 2 aliphatic rings. The van der Waals surface area contributed by atoms with E-state index in [0.717, 1.165) is 32.4 Å². The third-order valence-corrected chi connectivity index (χ3v) is 5.84. The molecule has 0 saturated carbocycles. The van der Waals surface area contributed by atoms with E-state index >= 15 is 0 Å². The summed E-state index contributed by atoms with van der Waals surface area (Å²) in [5.74, 6) is 1.89. The van der Waals surface area contributed by atoms with Crippen molar-refractivity contribution in [1.29, 1.82) is 0 Å². The summed E-state index contributed by atoms with van der Waals surface area (Å²) in [5, 5.41) is 0. The van der Waals surface area contributed by atoms with Crippen LogP contribution in [0.2, 0.25) is 0 Å². The van der Waals surface area contributed by atoms with Gasteiger partial charge >= 0.3 is 0 Å². The van der Waals surface area contributed by atoms with Gasteiger partial charge in [-0.3, -0.25) is 9.59 Å². The van der Waals surface area contributed by atoms with Crippen LogP contribution in [0.1, 0.15) is 28.8 Å². The lowest BCUT2D eigenvalue weighted by molar-refractivity contribution is -0.142. The highest BCUT2D eigenvalue weighted by atomic mass is 16.6. The molecule has 0 aliphatic carbocycles. The third kappa shape index (κ3) is 4.42. The van der Waals surface area contributed by atoms with E-state index in [1.165, 1.54) is 5.56 Å². The van der Waals surface area contributed by atoms with Gasteiger partial charge < -0.3 is 19.3 Å². The number of amides is 2. The number of carbonyl (C=O) groups is 2. The van der Waals surface area contributed by atoms with Crippen LogP contribution in [-0.4, -0.2) is 61.5 Å². The van der Waals surface area contributed by atoms with E-state index in [-0.39, 0.29) is 18.4 Å². The van der Waals surface area contributed by atoms with E-state index in [2.05, 4.69) is 0 Å². The topological polar surface area (TPSA) is 59.1 Å². The molecule has 1 atom stereocenters. The van der Waals surface area contributed by atoms with Crippen molar-refractivity contribution in [2.45, 2.75) is 25.4 Å². The standard InChI is InChI=1S/C24H28N2O4/c1-25(2)23(27)19-9-7-17(8-10-19)15-18-11-13-26(14-12-18)24(28)22-16-29-20-5-3-4-6-21(20)30-22/h3-10,18,22H,11-16H2,1-2H3. The van der Waals surface area contributed by atoms with Crippen LogP contribution in [-0.2, 0) is 11.2 Å². The maximum absolute atomic E-state index is 12.9. The summed E-state index contributed by atoms with van der Waals surface area (Å²) in [6.07, 6.45) is 2.33. The molecule has 2 aliphatic heterocycles. The summed E-state index contributed by atoms with van der Waals surface area (Å²) in [7, 11) is 3.52. The zero-order valence-electron chi connectivity index (χ0n) is 17.5. The summed E-state index contributed by atoms with van der Waals surface area (Å²) in [6, 6.07) is 15.3. The molecule has 0 spiro atoms. The normalized spacial score (nSPS) is 18.7. The average Bonchev–Trinajstić information content (AvgIpc) is 2.79. The van der Waals surface area contributed by atoms with Crippen LogP contribution in [0, 0.1) is 5.92 Å². The Morgan fingerprint density at radius 3 is 2.33 bits per heavy atom. The lowest BCUT2D eigenvalue weighted by Crippen LogP contribution is -2.49. The lowest BCUT2D eigenvalue weighted by Gasteiger charge is -2.35. The Kier molecular flexibility index (Phi) is 5.93. The van der Waals surface area contributed by atoms with Gasteiger partial charge in [0.25, 0.3) is 11.8 Å². The van der Waals surface area contributed by atoms with Crippen molar-refractivity contribution in [2.24, 2.45) is 5.92 Å². The molecular formula is C24H28N2O4. The molecule has 0 N–H and O–H groups in total. The Morgan fingerprint density at radius 2 is 1.67 bits per heavy atom. The van der Waals surface area contributed by atoms with Crippen LogP contribution in [0.4, 0.5) is 0 Å². The van der Waals surface area contributed by atoms with Gasteiger partial charge in [0.05, 0.1) is 0 Å². The second-order valence-corrected chi connectivity index (χ2v) is 8.23. The van der Waals surface area contributed by atoms with Gasteiger partial charge in [-0.15, -0.1) is 0 Å². The minimum Gasteiger partial charge on any atom is -0.485 e. The molecule has 0 radical (unpaired) electrons. The van der Waals surface area contributed by atoms with Crippen molar-refractivity contribution in [3.8, 4) is 11.5 Å². The minimum atomic E-state index is -0.571. The van der Waals surface area contributed by atoms with Crippen LogP contribution in [0.5, 0.6) is 11.5 Å². The molecule has 0 bridgehead atoms. The van der Waals surface area contributed by atoms with Gasteiger partial charge in [0.15, 0.2) is 11.5 Å². The number of rotatable bonds is 4. The van der Waals surface area contributed by atoms with E-state index in [9.17, 15) is 9.59 Å². The summed E-state index contributed by atoms with van der Waals surface area (Å²) in [5.41, 5.74) is 1.94. The second kappa shape index (κ2) is 8.78. The highest BCUT2D eigenvalue weighted by Crippen LogP contribution is 2.32. The number of ether oxygens (including phenoxy) is 2. The second-order valence-electron chi connectivity index (χ2n) is 8.23. The molecule has 2 amide bonds. The fraction of sp³-hybridized carbons (Fsp3) is 0.417. The Hall–Kier alpha value is -3.02. The van der Waals surface area contributed by atoms with Crippen molar-refractivity contribution < 1.29 is 19.1 Å². The van der Waals surface area contributed by atoms with Gasteiger partial charge in [-0.2, -0.15) is 0 Å². The molecular weight excluding hydrogens is 380 g/mol. The molecule has 2 aromatic rings. The molecule has 30 heavy (non-hydrogen) atoms. The van der Waals surface area contributed by atoms with Crippen LogP contribution >= 0.6 is 0 Å². The molecule has 4 rings (SSSR count). The van der Waals surface area contributed by atoms with E-state index in [1.807, 2.05) is 53.4 Å². The predicted octanol–water partition coefficient (Wildman–Crippen LogP) is 3.01. The first-order valence-electron chi connectivity index (χ1n) is 10.5. The Bertz CT molecular complexity index is 902. The number of hydrogen-bond donors (Lipinski definition) is 0. The van der Waals surface area contributed by atoms with Gasteiger partial charge in [-0.1, -0.05) is 24.3 Å². The van der Waals surface area contributed by atoms with Crippen LogP contribution in [0.15, 0.2) is 48.5 Å². The van der Waals surface area contributed by atoms with Crippen molar-refractivity contribution >= 4 is 11.8 Å². The zero-order chi connectivity index (χ0) is 21.1. The van der Waals surface area contributed by atoms with Crippen LogP contribution in [0.25, 0.3) is 0 Å². The van der Waals surface area contributed by atoms with Gasteiger partial charge in [0.1, 0.15) is 6.61 Å². The molecule has 2 aromatic carbocycles. The maximum Gasteiger partial charge on any atom is 0.267 e. The van der Waals surface area contributed by atoms with Gasteiger partial charge in [0.2, 0.25) is 6.10 Å². The molecule has 6 heteroatoms. The summed E-state index contributed by atoms with van der Waals surface area (Å²) in [4.78, 5) is 28.4. The van der Waals surface area contributed by atoms with E-state index in [4.69, 9.17) is 9.47 Å². The minimum absolute atomic E-state index is 0.00880. The highest BCUT2D eigenvalue weighted by Gasteiger charge is 2.33. The van der Waals surface area contributed by atoms with Crippen molar-refractivity contribution in [3.05, 3.63) is 59.7 Å². The highest BCUT2D eigenvalue weighted by molar-refractivity contribution is 5.93. The summed E-state index contributed by atoms with van der Waals surface area (Å²) < 4.78 is 11.6. The number of piperidine rings is 1. The van der Waals surface area contributed by atoms with Gasteiger partial charge in [-0.25, -0.2) is 0 Å². The number of benzene rings is 2. The van der Waals surface area contributed by atoms with Crippen LogP contribution in [0.3, 0.4) is 0 Å². The van der Waals surface area contributed by atoms with Crippen molar-refractivity contribution in [2.75, 3.05) is 33.8 Å². The number of hydrogen-bond acceptors (Lipinski definition) is 4. The molecule has 0 aromatic heterocycles. The SMILES string of the molecule is CN(C)C(=O)c1ccc(CC2CCN(C(=O)C3COc4ccccc4O3)CC2)cc1. The fourth-order valence-electron chi connectivity index (χ4n) is 4.08. The largest absolute Gasteiger partial charge is 0.485 e. The molecule has 1 fully saturated rings. The van der Waals surface area contributed by atoms with E-state index in [1.54, 1.807) is 19.0 Å². The van der Waals surface area contributed by atoms with Gasteiger partial charge in [0, 0.05) is 32.7 Å². The number of likely N-dealkylation sites (tertiary alicyclic amines) is 1. The maximum atomic E-state index is 12.9. The van der Waals surface area contributed by atoms with E-state index < -0.39 is 6.10 Å². The Morgan fingerprint density at radius 1 is 1.00 bits per heavy atom. The molecule has 2 heterocycles. The lowest BCUT2D eigenvalue weighted by atomic mass is 9.89.